The topological polar surface area (TPSA) is 65.8 Å². The van der Waals surface area contributed by atoms with Gasteiger partial charge in [0.1, 0.15) is 12.4 Å². The highest BCUT2D eigenvalue weighted by molar-refractivity contribution is 5.84. The minimum absolute atomic E-state index is 0.0771. The quantitative estimate of drug-likeness (QED) is 0.776. The van der Waals surface area contributed by atoms with E-state index < -0.39 is 5.60 Å². The fraction of sp³-hybridized carbons (Fsp3) is 0.500. The van der Waals surface area contributed by atoms with Crippen molar-refractivity contribution in [2.75, 3.05) is 19.6 Å². The van der Waals surface area contributed by atoms with Crippen LogP contribution >= 0.6 is 0 Å². The molecule has 5 nitrogen and oxygen atoms in total. The third-order valence-corrected chi connectivity index (χ3v) is 6.57. The van der Waals surface area contributed by atoms with Gasteiger partial charge in [-0.1, -0.05) is 32.1 Å². The van der Waals surface area contributed by atoms with Crippen molar-refractivity contribution >= 4 is 5.57 Å². The molecule has 0 amide bonds. The molecule has 4 rings (SSSR count). The van der Waals surface area contributed by atoms with E-state index in [1.165, 1.54) is 0 Å². The molecule has 0 bridgehead atoms. The van der Waals surface area contributed by atoms with E-state index >= 15 is 0 Å². The number of benzene rings is 1. The van der Waals surface area contributed by atoms with Crippen LogP contribution in [0.5, 0.6) is 5.75 Å². The first-order chi connectivity index (χ1) is 14.6. The van der Waals surface area contributed by atoms with Crippen LogP contribution in [0.15, 0.2) is 42.6 Å². The summed E-state index contributed by atoms with van der Waals surface area (Å²) in [5.74, 6) is 0.819. The predicted molar refractivity (Wildman–Crippen MR) is 123 cm³/mol. The van der Waals surface area contributed by atoms with Gasteiger partial charge in [0.05, 0.1) is 17.4 Å². The van der Waals surface area contributed by atoms with Crippen molar-refractivity contribution in [1.29, 1.82) is 0 Å². The first kappa shape index (κ1) is 22.0. The van der Waals surface area contributed by atoms with Crippen molar-refractivity contribution in [2.45, 2.75) is 58.8 Å². The van der Waals surface area contributed by atoms with Crippen LogP contribution in [-0.2, 0) is 12.2 Å². The Kier molecular flexibility index (Phi) is 5.95. The molecule has 1 fully saturated rings. The van der Waals surface area contributed by atoms with E-state index in [2.05, 4.69) is 35.9 Å². The van der Waals surface area contributed by atoms with E-state index in [1.807, 2.05) is 24.3 Å². The lowest BCUT2D eigenvalue weighted by Crippen LogP contribution is -2.48. The zero-order valence-corrected chi connectivity index (χ0v) is 19.1. The van der Waals surface area contributed by atoms with E-state index in [4.69, 9.17) is 4.74 Å². The molecule has 1 saturated heterocycles. The summed E-state index contributed by atoms with van der Waals surface area (Å²) in [4.78, 5) is 7.00. The van der Waals surface area contributed by atoms with Crippen molar-refractivity contribution in [2.24, 2.45) is 5.41 Å². The zero-order chi connectivity index (χ0) is 22.2. The molecule has 0 spiro atoms. The number of likely N-dealkylation sites (tertiary alicyclic amines) is 1. The Bertz CT molecular complexity index is 975. The number of rotatable bonds is 4. The summed E-state index contributed by atoms with van der Waals surface area (Å²) in [5.41, 5.74) is 3.98. The highest BCUT2D eigenvalue weighted by atomic mass is 16.5. The Morgan fingerprint density at radius 3 is 2.81 bits per heavy atom. The predicted octanol–water partition coefficient (Wildman–Crippen LogP) is 4.12. The van der Waals surface area contributed by atoms with Crippen molar-refractivity contribution in [3.05, 3.63) is 65.0 Å². The second kappa shape index (κ2) is 8.38. The lowest BCUT2D eigenvalue weighted by atomic mass is 9.81. The minimum atomic E-state index is -0.926. The maximum atomic E-state index is 10.6. The first-order valence-corrected chi connectivity index (χ1v) is 11.2. The number of aromatic nitrogens is 1. The molecule has 2 aliphatic heterocycles. The molecule has 1 atom stereocenters. The molecule has 5 heteroatoms. The van der Waals surface area contributed by atoms with Gasteiger partial charge in [-0.3, -0.25) is 4.98 Å². The maximum Gasteiger partial charge on any atom is 0.131 e. The van der Waals surface area contributed by atoms with E-state index in [-0.39, 0.29) is 11.5 Å². The Morgan fingerprint density at radius 1 is 1.26 bits per heavy atom. The molecule has 1 aromatic heterocycles. The van der Waals surface area contributed by atoms with Crippen molar-refractivity contribution in [3.63, 3.8) is 0 Å². The smallest absolute Gasteiger partial charge is 0.131 e. The normalized spacial score (nSPS) is 22.4. The lowest BCUT2D eigenvalue weighted by Gasteiger charge is -2.41. The monoisotopic (exact) mass is 422 g/mol. The highest BCUT2D eigenvalue weighted by Crippen LogP contribution is 2.38. The fourth-order valence-electron chi connectivity index (χ4n) is 4.59. The molecule has 2 aliphatic rings. The van der Waals surface area contributed by atoms with E-state index in [9.17, 15) is 10.2 Å². The average Bonchev–Trinajstić information content (AvgIpc) is 2.87. The van der Waals surface area contributed by atoms with E-state index in [0.717, 1.165) is 66.2 Å². The Hall–Kier alpha value is -2.21. The number of hydrogen-bond donors (Lipinski definition) is 2. The van der Waals surface area contributed by atoms with Gasteiger partial charge in [0.15, 0.2) is 0 Å². The summed E-state index contributed by atoms with van der Waals surface area (Å²) in [6, 6.07) is 10.00. The molecule has 31 heavy (non-hydrogen) atoms. The summed E-state index contributed by atoms with van der Waals surface area (Å²) < 4.78 is 6.09. The minimum Gasteiger partial charge on any atom is -0.487 e. The number of fused-ring (bicyclic) bond motifs is 2. The largest absolute Gasteiger partial charge is 0.487 e. The van der Waals surface area contributed by atoms with Crippen molar-refractivity contribution in [1.82, 2.24) is 9.88 Å². The van der Waals surface area contributed by atoms with E-state index in [0.29, 0.717) is 6.61 Å². The van der Waals surface area contributed by atoms with Crippen LogP contribution in [0.4, 0.5) is 0 Å². The molecule has 0 radical (unpaired) electrons. The van der Waals surface area contributed by atoms with Gasteiger partial charge >= 0.3 is 0 Å². The number of hydrogen-bond acceptors (Lipinski definition) is 5. The van der Waals surface area contributed by atoms with Crippen molar-refractivity contribution < 1.29 is 14.9 Å². The number of nitrogens with zero attached hydrogens (tertiary/aromatic N) is 2. The molecule has 1 unspecified atom stereocenters. The van der Waals surface area contributed by atoms with Crippen LogP contribution in [0.2, 0.25) is 0 Å². The van der Waals surface area contributed by atoms with Crippen LogP contribution < -0.4 is 4.74 Å². The standard InChI is InChI=1S/C26H34N2O3/c1-25(2)17-28(14-11-24(25)29)13-6-8-19-20-7-5-12-27-22(20)16-31-23-10-9-18(15-21(19)23)26(3,4)30/h5,7-10,12,15,24,29-30H,6,11,13-14,16-17H2,1-4H3. The number of piperidine rings is 1. The summed E-state index contributed by atoms with van der Waals surface area (Å²) in [7, 11) is 0. The SMILES string of the molecule is CC(C)(O)c1ccc2c(c1)C(=CCCN1CCC(O)C(C)(C)C1)c1cccnc1CO2. The van der Waals surface area contributed by atoms with Crippen molar-refractivity contribution in [3.8, 4) is 5.75 Å². The molecule has 2 aromatic rings. The van der Waals surface area contributed by atoms with Gasteiger partial charge in [0.2, 0.25) is 0 Å². The Morgan fingerprint density at radius 2 is 2.06 bits per heavy atom. The maximum absolute atomic E-state index is 10.6. The lowest BCUT2D eigenvalue weighted by molar-refractivity contribution is -0.0237. The molecular weight excluding hydrogens is 388 g/mol. The number of aliphatic hydroxyl groups is 2. The van der Waals surface area contributed by atoms with Gasteiger partial charge in [-0.05, 0) is 56.0 Å². The molecule has 3 heterocycles. The molecular formula is C26H34N2O3. The second-order valence-electron chi connectivity index (χ2n) is 10.0. The summed E-state index contributed by atoms with van der Waals surface area (Å²) in [6.07, 6.45) is 5.56. The zero-order valence-electron chi connectivity index (χ0n) is 19.1. The summed E-state index contributed by atoms with van der Waals surface area (Å²) >= 11 is 0. The van der Waals surface area contributed by atoms with Crippen LogP contribution in [-0.4, -0.2) is 45.8 Å². The molecule has 2 N–H and O–H groups in total. The van der Waals surface area contributed by atoms with Crippen LogP contribution in [0.25, 0.3) is 5.57 Å². The van der Waals surface area contributed by atoms with Crippen LogP contribution in [0, 0.1) is 5.41 Å². The second-order valence-corrected chi connectivity index (χ2v) is 10.0. The van der Waals surface area contributed by atoms with Gasteiger partial charge in [0.25, 0.3) is 0 Å². The molecule has 1 aromatic carbocycles. The summed E-state index contributed by atoms with van der Waals surface area (Å²) in [6.45, 7) is 11.1. The molecule has 0 saturated carbocycles. The Balaban J connectivity index is 1.65. The molecule has 166 valence electrons. The third kappa shape index (κ3) is 4.69. The fourth-order valence-corrected chi connectivity index (χ4v) is 4.59. The van der Waals surface area contributed by atoms with Gasteiger partial charge in [0, 0.05) is 42.4 Å². The number of pyridine rings is 1. The van der Waals surface area contributed by atoms with E-state index in [1.54, 1.807) is 20.0 Å². The van der Waals surface area contributed by atoms with Gasteiger partial charge < -0.3 is 19.8 Å². The van der Waals surface area contributed by atoms with Gasteiger partial charge in [-0.15, -0.1) is 0 Å². The average molecular weight is 423 g/mol. The third-order valence-electron chi connectivity index (χ3n) is 6.57. The number of ether oxygens (including phenoxy) is 1. The summed E-state index contributed by atoms with van der Waals surface area (Å²) in [5, 5.41) is 20.8. The van der Waals surface area contributed by atoms with Gasteiger partial charge in [-0.2, -0.15) is 0 Å². The van der Waals surface area contributed by atoms with Gasteiger partial charge in [-0.25, -0.2) is 0 Å². The number of aliphatic hydroxyl groups excluding tert-OH is 1. The first-order valence-electron chi connectivity index (χ1n) is 11.2. The highest BCUT2D eigenvalue weighted by Gasteiger charge is 2.34. The molecule has 0 aliphatic carbocycles. The van der Waals surface area contributed by atoms with Crippen LogP contribution in [0.3, 0.4) is 0 Å². The Labute approximate surface area is 185 Å². The van der Waals surface area contributed by atoms with Crippen LogP contribution in [0.1, 0.15) is 62.9 Å².